The molecule has 0 aromatic heterocycles. The van der Waals surface area contributed by atoms with Gasteiger partial charge in [0.2, 0.25) is 0 Å². The summed E-state index contributed by atoms with van der Waals surface area (Å²) in [7, 11) is 0. The Morgan fingerprint density at radius 1 is 1.44 bits per heavy atom. The third-order valence-corrected chi connectivity index (χ3v) is 3.55. The van der Waals surface area contributed by atoms with Crippen LogP contribution in [0.3, 0.4) is 0 Å². The van der Waals surface area contributed by atoms with Gasteiger partial charge in [0.25, 0.3) is 0 Å². The molecule has 1 aromatic rings. The first-order valence-electron chi connectivity index (χ1n) is 5.20. The van der Waals surface area contributed by atoms with Crippen molar-refractivity contribution in [1.29, 1.82) is 0 Å². The van der Waals surface area contributed by atoms with Crippen molar-refractivity contribution in [3.05, 3.63) is 33.3 Å². The average molecular weight is 289 g/mol. The van der Waals surface area contributed by atoms with Crippen LogP contribution in [0.2, 0.25) is 0 Å². The van der Waals surface area contributed by atoms with Crippen molar-refractivity contribution >= 4 is 21.7 Å². The van der Waals surface area contributed by atoms with Gasteiger partial charge in [0.05, 0.1) is 10.0 Å². The van der Waals surface area contributed by atoms with E-state index in [1.807, 2.05) is 6.92 Å². The molecule has 4 heteroatoms. The highest BCUT2D eigenvalue weighted by Gasteiger charge is 2.27. The minimum absolute atomic E-state index is 0.0200. The second-order valence-electron chi connectivity index (χ2n) is 4.28. The molecule has 1 aromatic carbocycles. The quantitative estimate of drug-likeness (QED) is 0.523. The molecule has 0 N–H and O–H groups in total. The number of fused-ring (bicyclic) bond motifs is 1. The zero-order valence-corrected chi connectivity index (χ0v) is 10.4. The molecule has 0 saturated heterocycles. The van der Waals surface area contributed by atoms with E-state index in [-0.39, 0.29) is 27.3 Å². The van der Waals surface area contributed by atoms with Crippen LogP contribution in [0.25, 0.3) is 0 Å². The molecule has 0 heterocycles. The van der Waals surface area contributed by atoms with Gasteiger partial charge in [-0.3, -0.25) is 4.79 Å². The number of halogens is 3. The third-order valence-electron chi connectivity index (χ3n) is 2.97. The maximum Gasteiger partial charge on any atom is 0.166 e. The van der Waals surface area contributed by atoms with Gasteiger partial charge in [0.1, 0.15) is 11.6 Å². The van der Waals surface area contributed by atoms with Crippen LogP contribution in [0.5, 0.6) is 0 Å². The molecule has 0 amide bonds. The van der Waals surface area contributed by atoms with Crippen molar-refractivity contribution in [2.45, 2.75) is 26.2 Å². The highest BCUT2D eigenvalue weighted by Crippen LogP contribution is 2.31. The van der Waals surface area contributed by atoms with Crippen molar-refractivity contribution in [2.24, 2.45) is 5.92 Å². The number of ketones is 1. The predicted molar refractivity (Wildman–Crippen MR) is 60.5 cm³/mol. The van der Waals surface area contributed by atoms with Gasteiger partial charge in [-0.2, -0.15) is 0 Å². The summed E-state index contributed by atoms with van der Waals surface area (Å²) in [5.74, 6) is -1.24. The first-order valence-corrected chi connectivity index (χ1v) is 5.99. The summed E-state index contributed by atoms with van der Waals surface area (Å²) in [5, 5.41) is 0. The number of carbonyl (C=O) groups is 1. The average Bonchev–Trinajstić information content (AvgIpc) is 2.34. The summed E-state index contributed by atoms with van der Waals surface area (Å²) in [6.07, 6.45) is 1.44. The second-order valence-corrected chi connectivity index (χ2v) is 5.13. The predicted octanol–water partition coefficient (Wildman–Crippen LogP) is 3.88. The number of carbonyl (C=O) groups excluding carboxylic acids is 1. The second kappa shape index (κ2) is 4.24. The summed E-state index contributed by atoms with van der Waals surface area (Å²) < 4.78 is 27.5. The number of hydrogen-bond donors (Lipinski definition) is 0. The molecule has 1 aliphatic rings. The van der Waals surface area contributed by atoms with Gasteiger partial charge < -0.3 is 0 Å². The van der Waals surface area contributed by atoms with E-state index in [0.717, 1.165) is 12.5 Å². The Hall–Kier alpha value is -0.770. The van der Waals surface area contributed by atoms with Gasteiger partial charge in [0, 0.05) is 12.0 Å². The number of benzene rings is 1. The molecule has 1 nitrogen and oxygen atoms in total. The Morgan fingerprint density at radius 2 is 2.12 bits per heavy atom. The topological polar surface area (TPSA) is 17.1 Å². The summed E-state index contributed by atoms with van der Waals surface area (Å²) >= 11 is 2.93. The molecule has 1 unspecified atom stereocenters. The van der Waals surface area contributed by atoms with Crippen LogP contribution in [-0.4, -0.2) is 5.78 Å². The molecule has 0 saturated carbocycles. The first kappa shape index (κ1) is 11.7. The molecular formula is C12H11BrF2O. The number of Topliss-reactive ketones (excluding diaryl/α,β-unsaturated/α-hetero) is 1. The van der Waals surface area contributed by atoms with Crippen molar-refractivity contribution in [1.82, 2.24) is 0 Å². The fourth-order valence-electron chi connectivity index (χ4n) is 2.08. The highest BCUT2D eigenvalue weighted by atomic mass is 79.9. The fraction of sp³-hybridized carbons (Fsp3) is 0.417. The van der Waals surface area contributed by atoms with Crippen molar-refractivity contribution in [3.8, 4) is 0 Å². The van der Waals surface area contributed by atoms with Crippen LogP contribution in [0.1, 0.15) is 35.7 Å². The normalized spacial score (nSPS) is 20.5. The van der Waals surface area contributed by atoms with E-state index >= 15 is 0 Å². The molecule has 0 radical (unpaired) electrons. The Morgan fingerprint density at radius 3 is 2.81 bits per heavy atom. The lowest BCUT2D eigenvalue weighted by molar-refractivity contribution is 0.0963. The minimum Gasteiger partial charge on any atom is -0.294 e. The van der Waals surface area contributed by atoms with Crippen LogP contribution >= 0.6 is 15.9 Å². The highest BCUT2D eigenvalue weighted by molar-refractivity contribution is 9.10. The molecular weight excluding hydrogens is 278 g/mol. The van der Waals surface area contributed by atoms with E-state index in [0.29, 0.717) is 12.8 Å². The molecule has 0 spiro atoms. The molecule has 1 aliphatic carbocycles. The van der Waals surface area contributed by atoms with Gasteiger partial charge in [0.15, 0.2) is 5.78 Å². The van der Waals surface area contributed by atoms with Gasteiger partial charge in [-0.05, 0) is 40.8 Å². The lowest BCUT2D eigenvalue weighted by Crippen LogP contribution is -2.08. The minimum atomic E-state index is -0.629. The SMILES string of the molecule is CC1CCc2c(F)cc(Br)c(F)c2C(=O)C1. The largest absolute Gasteiger partial charge is 0.294 e. The molecule has 16 heavy (non-hydrogen) atoms. The number of hydrogen-bond acceptors (Lipinski definition) is 1. The molecule has 86 valence electrons. The standard InChI is InChI=1S/C12H11BrF2O/c1-6-2-3-7-9(14)5-8(13)12(15)11(7)10(16)4-6/h5-6H,2-4H2,1H3. The zero-order chi connectivity index (χ0) is 11.9. The Balaban J connectivity index is 2.64. The molecule has 0 aliphatic heterocycles. The first-order chi connectivity index (χ1) is 7.50. The van der Waals surface area contributed by atoms with E-state index in [4.69, 9.17) is 0 Å². The zero-order valence-electron chi connectivity index (χ0n) is 8.82. The van der Waals surface area contributed by atoms with Crippen molar-refractivity contribution in [2.75, 3.05) is 0 Å². The lowest BCUT2D eigenvalue weighted by Gasteiger charge is -2.08. The maximum atomic E-state index is 13.8. The van der Waals surface area contributed by atoms with Crippen molar-refractivity contribution < 1.29 is 13.6 Å². The van der Waals surface area contributed by atoms with E-state index in [1.165, 1.54) is 0 Å². The van der Waals surface area contributed by atoms with Crippen LogP contribution in [0, 0.1) is 17.6 Å². The Kier molecular flexibility index (Phi) is 3.10. The van der Waals surface area contributed by atoms with Crippen LogP contribution < -0.4 is 0 Å². The van der Waals surface area contributed by atoms with Gasteiger partial charge in [-0.15, -0.1) is 0 Å². The Bertz CT molecular complexity index is 457. The van der Waals surface area contributed by atoms with Crippen molar-refractivity contribution in [3.63, 3.8) is 0 Å². The third kappa shape index (κ3) is 1.90. The number of rotatable bonds is 0. The smallest absolute Gasteiger partial charge is 0.166 e. The molecule has 2 rings (SSSR count). The van der Waals surface area contributed by atoms with E-state index in [2.05, 4.69) is 15.9 Å². The van der Waals surface area contributed by atoms with Crippen LogP contribution in [-0.2, 0) is 6.42 Å². The van der Waals surface area contributed by atoms with Crippen LogP contribution in [0.4, 0.5) is 8.78 Å². The lowest BCUT2D eigenvalue weighted by atomic mass is 10.0. The van der Waals surface area contributed by atoms with E-state index < -0.39 is 11.6 Å². The molecule has 1 atom stereocenters. The van der Waals surface area contributed by atoms with Gasteiger partial charge >= 0.3 is 0 Å². The van der Waals surface area contributed by atoms with E-state index in [9.17, 15) is 13.6 Å². The van der Waals surface area contributed by atoms with E-state index in [1.54, 1.807) is 0 Å². The summed E-state index contributed by atoms with van der Waals surface area (Å²) in [4.78, 5) is 11.8. The summed E-state index contributed by atoms with van der Waals surface area (Å²) in [6, 6.07) is 1.09. The molecule has 0 fully saturated rings. The Labute approximate surface area is 101 Å². The fourth-order valence-corrected chi connectivity index (χ4v) is 2.48. The maximum absolute atomic E-state index is 13.8. The van der Waals surface area contributed by atoms with Crippen LogP contribution in [0.15, 0.2) is 10.5 Å². The molecule has 0 bridgehead atoms. The van der Waals surface area contributed by atoms with Gasteiger partial charge in [-0.1, -0.05) is 6.92 Å². The summed E-state index contributed by atoms with van der Waals surface area (Å²) in [5.41, 5.74) is 0.172. The monoisotopic (exact) mass is 288 g/mol. The van der Waals surface area contributed by atoms with Gasteiger partial charge in [-0.25, -0.2) is 8.78 Å². The summed E-state index contributed by atoms with van der Waals surface area (Å²) in [6.45, 7) is 1.93.